The normalized spacial score (nSPS) is 15.9. The molecule has 0 N–H and O–H groups in total. The molecule has 2 aliphatic rings. The topological polar surface area (TPSA) is 76.2 Å². The van der Waals surface area contributed by atoms with Crippen molar-refractivity contribution >= 4 is 17.7 Å². The van der Waals surface area contributed by atoms with Gasteiger partial charge >= 0.3 is 0 Å². The Kier molecular flexibility index (Phi) is 5.93. The predicted molar refractivity (Wildman–Crippen MR) is 114 cm³/mol. The molecule has 0 atom stereocenters. The summed E-state index contributed by atoms with van der Waals surface area (Å²) in [5, 5.41) is 0. The van der Waals surface area contributed by atoms with Crippen molar-refractivity contribution in [2.75, 3.05) is 14.2 Å². The maximum absolute atomic E-state index is 13.3. The zero-order valence-electron chi connectivity index (χ0n) is 17.8. The molecule has 7 heteroatoms. The highest BCUT2D eigenvalue weighted by molar-refractivity contribution is 6.01. The SMILES string of the molecule is COc1ccc(OC)c(CN(C(=O)c2ccc(CN3C(=O)CCC3=O)cc2)C2CC2)c1. The second-order valence-electron chi connectivity index (χ2n) is 7.91. The van der Waals surface area contributed by atoms with Crippen LogP contribution in [0, 0.1) is 0 Å². The molecule has 1 saturated heterocycles. The summed E-state index contributed by atoms with van der Waals surface area (Å²) in [6.07, 6.45) is 2.52. The summed E-state index contributed by atoms with van der Waals surface area (Å²) in [6, 6.07) is 12.9. The number of amides is 3. The monoisotopic (exact) mass is 422 g/mol. The molecule has 4 rings (SSSR count). The summed E-state index contributed by atoms with van der Waals surface area (Å²) in [5.41, 5.74) is 2.30. The van der Waals surface area contributed by atoms with Crippen molar-refractivity contribution in [3.63, 3.8) is 0 Å². The van der Waals surface area contributed by atoms with Crippen molar-refractivity contribution in [2.45, 2.75) is 44.8 Å². The van der Waals surface area contributed by atoms with Crippen LogP contribution >= 0.6 is 0 Å². The predicted octanol–water partition coefficient (Wildman–Crippen LogP) is 3.16. The Labute approximate surface area is 181 Å². The molecule has 1 heterocycles. The molecule has 1 saturated carbocycles. The molecular weight excluding hydrogens is 396 g/mol. The lowest BCUT2D eigenvalue weighted by atomic mass is 10.1. The van der Waals surface area contributed by atoms with Gasteiger partial charge in [0.2, 0.25) is 11.8 Å². The summed E-state index contributed by atoms with van der Waals surface area (Å²) in [7, 11) is 3.23. The van der Waals surface area contributed by atoms with Gasteiger partial charge < -0.3 is 14.4 Å². The summed E-state index contributed by atoms with van der Waals surface area (Å²) in [4.78, 5) is 40.1. The number of hydrogen-bond acceptors (Lipinski definition) is 5. The molecule has 0 aromatic heterocycles. The van der Waals surface area contributed by atoms with Crippen LogP contribution in [0.25, 0.3) is 0 Å². The van der Waals surface area contributed by atoms with Crippen LogP contribution < -0.4 is 9.47 Å². The highest BCUT2D eigenvalue weighted by atomic mass is 16.5. The third-order valence-electron chi connectivity index (χ3n) is 5.77. The number of likely N-dealkylation sites (tertiary alicyclic amines) is 1. The number of nitrogens with zero attached hydrogens (tertiary/aromatic N) is 2. The molecule has 31 heavy (non-hydrogen) atoms. The summed E-state index contributed by atoms with van der Waals surface area (Å²) >= 11 is 0. The lowest BCUT2D eigenvalue weighted by Crippen LogP contribution is -2.33. The zero-order chi connectivity index (χ0) is 22.0. The molecule has 2 aromatic rings. The molecule has 1 aliphatic heterocycles. The average molecular weight is 422 g/mol. The van der Waals surface area contributed by atoms with Crippen molar-refractivity contribution in [1.29, 1.82) is 0 Å². The van der Waals surface area contributed by atoms with E-state index in [-0.39, 0.29) is 43.1 Å². The van der Waals surface area contributed by atoms with E-state index >= 15 is 0 Å². The quantitative estimate of drug-likeness (QED) is 0.611. The van der Waals surface area contributed by atoms with Crippen LogP contribution in [0.1, 0.15) is 47.2 Å². The third-order valence-corrected chi connectivity index (χ3v) is 5.77. The van der Waals surface area contributed by atoms with E-state index in [9.17, 15) is 14.4 Å². The minimum absolute atomic E-state index is 0.0488. The fourth-order valence-electron chi connectivity index (χ4n) is 3.84. The Morgan fingerprint density at radius 3 is 2.26 bits per heavy atom. The second kappa shape index (κ2) is 8.79. The van der Waals surface area contributed by atoms with Crippen molar-refractivity contribution < 1.29 is 23.9 Å². The number of ether oxygens (including phenoxy) is 2. The lowest BCUT2D eigenvalue weighted by Gasteiger charge is -2.24. The van der Waals surface area contributed by atoms with Gasteiger partial charge in [-0.2, -0.15) is 0 Å². The Hall–Kier alpha value is -3.35. The number of rotatable bonds is 8. The van der Waals surface area contributed by atoms with E-state index in [2.05, 4.69) is 0 Å². The molecule has 0 unspecified atom stereocenters. The van der Waals surface area contributed by atoms with Crippen LogP contribution in [-0.2, 0) is 22.7 Å². The van der Waals surface area contributed by atoms with Gasteiger partial charge in [0.15, 0.2) is 0 Å². The highest BCUT2D eigenvalue weighted by Crippen LogP contribution is 2.33. The first-order valence-corrected chi connectivity index (χ1v) is 10.4. The number of carbonyl (C=O) groups excluding carboxylic acids is 3. The number of benzene rings is 2. The molecule has 1 aliphatic carbocycles. The molecule has 7 nitrogen and oxygen atoms in total. The van der Waals surface area contributed by atoms with Gasteiger partial charge in [0.25, 0.3) is 5.91 Å². The Morgan fingerprint density at radius 2 is 1.68 bits per heavy atom. The van der Waals surface area contributed by atoms with E-state index in [0.29, 0.717) is 17.9 Å². The molecular formula is C24H26N2O5. The van der Waals surface area contributed by atoms with Crippen LogP contribution in [0.2, 0.25) is 0 Å². The van der Waals surface area contributed by atoms with Crippen molar-refractivity contribution in [1.82, 2.24) is 9.80 Å². The van der Waals surface area contributed by atoms with Gasteiger partial charge in [-0.15, -0.1) is 0 Å². The second-order valence-corrected chi connectivity index (χ2v) is 7.91. The van der Waals surface area contributed by atoms with Crippen LogP contribution in [0.4, 0.5) is 0 Å². The largest absolute Gasteiger partial charge is 0.497 e. The Bertz CT molecular complexity index is 982. The van der Waals surface area contributed by atoms with Gasteiger partial charge in [0.05, 0.1) is 27.3 Å². The number of carbonyl (C=O) groups is 3. The van der Waals surface area contributed by atoms with Crippen molar-refractivity contribution in [3.05, 3.63) is 59.2 Å². The summed E-state index contributed by atoms with van der Waals surface area (Å²) in [5.74, 6) is 1.10. The molecule has 0 spiro atoms. The van der Waals surface area contributed by atoms with Crippen molar-refractivity contribution in [3.8, 4) is 11.5 Å². The van der Waals surface area contributed by atoms with E-state index in [1.807, 2.05) is 35.2 Å². The first-order valence-electron chi connectivity index (χ1n) is 10.4. The first-order chi connectivity index (χ1) is 15.0. The Balaban J connectivity index is 1.50. The number of hydrogen-bond donors (Lipinski definition) is 0. The summed E-state index contributed by atoms with van der Waals surface area (Å²) in [6.45, 7) is 0.682. The highest BCUT2D eigenvalue weighted by Gasteiger charge is 2.34. The van der Waals surface area contributed by atoms with Crippen LogP contribution in [0.5, 0.6) is 11.5 Å². The van der Waals surface area contributed by atoms with Gasteiger partial charge in [0, 0.05) is 30.0 Å². The van der Waals surface area contributed by atoms with Gasteiger partial charge in [-0.05, 0) is 48.7 Å². The fraction of sp³-hybridized carbons (Fsp3) is 0.375. The molecule has 3 amide bonds. The maximum atomic E-state index is 13.3. The minimum Gasteiger partial charge on any atom is -0.497 e. The molecule has 162 valence electrons. The van der Waals surface area contributed by atoms with E-state index in [4.69, 9.17) is 9.47 Å². The summed E-state index contributed by atoms with van der Waals surface area (Å²) < 4.78 is 10.8. The fourth-order valence-corrected chi connectivity index (χ4v) is 3.84. The van der Waals surface area contributed by atoms with Gasteiger partial charge in [-0.3, -0.25) is 19.3 Å². The lowest BCUT2D eigenvalue weighted by molar-refractivity contribution is -0.139. The van der Waals surface area contributed by atoms with Gasteiger partial charge in [-0.1, -0.05) is 12.1 Å². The van der Waals surface area contributed by atoms with E-state index in [1.165, 1.54) is 4.90 Å². The standard InChI is InChI=1S/C24H26N2O5/c1-30-20-9-10-21(31-2)18(13-20)15-25(19-7-8-19)24(29)17-5-3-16(4-6-17)14-26-22(27)11-12-23(26)28/h3-6,9-10,13,19H,7-8,11-12,14-15H2,1-2H3. The number of imide groups is 1. The molecule has 2 aromatic carbocycles. The third kappa shape index (κ3) is 4.55. The van der Waals surface area contributed by atoms with E-state index in [1.54, 1.807) is 26.4 Å². The number of methoxy groups -OCH3 is 2. The molecule has 0 radical (unpaired) electrons. The molecule has 2 fully saturated rings. The van der Waals surface area contributed by atoms with Gasteiger partial charge in [-0.25, -0.2) is 0 Å². The van der Waals surface area contributed by atoms with E-state index in [0.717, 1.165) is 29.7 Å². The first kappa shape index (κ1) is 20.9. The van der Waals surface area contributed by atoms with Crippen LogP contribution in [-0.4, -0.2) is 47.8 Å². The maximum Gasteiger partial charge on any atom is 0.254 e. The molecule has 0 bridgehead atoms. The van der Waals surface area contributed by atoms with E-state index < -0.39 is 0 Å². The minimum atomic E-state index is -0.141. The smallest absolute Gasteiger partial charge is 0.254 e. The zero-order valence-corrected chi connectivity index (χ0v) is 17.8. The van der Waals surface area contributed by atoms with Crippen LogP contribution in [0.15, 0.2) is 42.5 Å². The average Bonchev–Trinajstić information content (AvgIpc) is 3.59. The van der Waals surface area contributed by atoms with Gasteiger partial charge in [0.1, 0.15) is 11.5 Å². The van der Waals surface area contributed by atoms with Crippen LogP contribution in [0.3, 0.4) is 0 Å². The Morgan fingerprint density at radius 1 is 1.00 bits per heavy atom. The van der Waals surface area contributed by atoms with Crippen molar-refractivity contribution in [2.24, 2.45) is 0 Å².